The second-order valence-electron chi connectivity index (χ2n) is 8.66. The third kappa shape index (κ3) is 6.30. The predicted molar refractivity (Wildman–Crippen MR) is 136 cm³/mol. The molecule has 0 bridgehead atoms. The molecule has 0 aliphatic carbocycles. The molecule has 0 unspecified atom stereocenters. The monoisotopic (exact) mass is 488 g/mol. The number of sulfone groups is 1. The van der Waals surface area contributed by atoms with Crippen molar-refractivity contribution in [1.29, 1.82) is 0 Å². The third-order valence-corrected chi connectivity index (χ3v) is 8.31. The van der Waals surface area contributed by atoms with Crippen LogP contribution in [0.4, 0.5) is 17.1 Å². The number of carbonyl (C=O) groups is 1. The normalized spacial score (nSPS) is 15.6. The Bertz CT molecular complexity index is 1060. The second kappa shape index (κ2) is 11.7. The number of carboxylic acids is 1. The summed E-state index contributed by atoms with van der Waals surface area (Å²) in [5.74, 6) is -0.831. The van der Waals surface area contributed by atoms with E-state index in [-0.39, 0.29) is 18.1 Å². The van der Waals surface area contributed by atoms with Gasteiger partial charge in [-0.3, -0.25) is 4.79 Å². The fraction of sp³-hybridized carbons (Fsp3) is 0.500. The number of ether oxygens (including phenoxy) is 1. The van der Waals surface area contributed by atoms with Gasteiger partial charge in [0, 0.05) is 31.5 Å². The molecule has 0 amide bonds. The zero-order chi connectivity index (χ0) is 24.7. The molecule has 7 nitrogen and oxygen atoms in total. The first-order chi connectivity index (χ1) is 16.3. The molecule has 0 spiro atoms. The summed E-state index contributed by atoms with van der Waals surface area (Å²) in [6, 6.07) is 13.3. The van der Waals surface area contributed by atoms with Gasteiger partial charge in [0.15, 0.2) is 9.84 Å². The first-order valence-corrected chi connectivity index (χ1v) is 13.7. The summed E-state index contributed by atoms with van der Waals surface area (Å²) in [6.07, 6.45) is 2.72. The van der Waals surface area contributed by atoms with Gasteiger partial charge in [0.25, 0.3) is 0 Å². The van der Waals surface area contributed by atoms with Crippen molar-refractivity contribution in [3.05, 3.63) is 48.0 Å². The van der Waals surface area contributed by atoms with Crippen LogP contribution in [0.25, 0.3) is 0 Å². The molecular weight excluding hydrogens is 452 g/mol. The van der Waals surface area contributed by atoms with E-state index in [1.165, 1.54) is 0 Å². The number of nitrogens with one attached hydrogen (secondary N) is 1. The molecular formula is C26H36N2O5S. The Kier molecular flexibility index (Phi) is 8.97. The number of nitrogens with zero attached hydrogens (tertiary/aromatic N) is 1. The molecule has 186 valence electrons. The zero-order valence-electron chi connectivity index (χ0n) is 20.3. The van der Waals surface area contributed by atoms with Crippen LogP contribution in [0, 0.1) is 0 Å². The smallest absolute Gasteiger partial charge is 0.303 e. The predicted octanol–water partition coefficient (Wildman–Crippen LogP) is 5.20. The van der Waals surface area contributed by atoms with Gasteiger partial charge in [0.05, 0.1) is 28.4 Å². The van der Waals surface area contributed by atoms with Crippen molar-refractivity contribution in [2.24, 2.45) is 0 Å². The van der Waals surface area contributed by atoms with Crippen LogP contribution in [0.3, 0.4) is 0 Å². The van der Waals surface area contributed by atoms with Crippen molar-refractivity contribution >= 4 is 32.9 Å². The Hall–Kier alpha value is -2.58. The van der Waals surface area contributed by atoms with Gasteiger partial charge in [-0.2, -0.15) is 0 Å². The Morgan fingerprint density at radius 2 is 1.79 bits per heavy atom. The van der Waals surface area contributed by atoms with Crippen molar-refractivity contribution in [3.63, 3.8) is 0 Å². The van der Waals surface area contributed by atoms with Crippen molar-refractivity contribution in [3.8, 4) is 0 Å². The van der Waals surface area contributed by atoms with Crippen molar-refractivity contribution < 1.29 is 23.1 Å². The van der Waals surface area contributed by atoms with Crippen LogP contribution in [0.15, 0.2) is 47.4 Å². The molecule has 1 aliphatic rings. The Balaban J connectivity index is 1.99. The van der Waals surface area contributed by atoms with Crippen LogP contribution in [-0.2, 0) is 19.4 Å². The maximum atomic E-state index is 12.2. The molecule has 1 fully saturated rings. The molecule has 34 heavy (non-hydrogen) atoms. The Morgan fingerprint density at radius 1 is 1.12 bits per heavy atom. The van der Waals surface area contributed by atoms with E-state index in [1.54, 1.807) is 31.2 Å². The van der Waals surface area contributed by atoms with Crippen molar-refractivity contribution in [2.45, 2.75) is 63.3 Å². The molecule has 0 aromatic heterocycles. The number of benzene rings is 2. The number of carboxylic acid groups (broad SMARTS) is 1. The van der Waals surface area contributed by atoms with Gasteiger partial charge < -0.3 is 20.1 Å². The van der Waals surface area contributed by atoms with Crippen molar-refractivity contribution in [1.82, 2.24) is 0 Å². The summed E-state index contributed by atoms with van der Waals surface area (Å²) in [4.78, 5) is 14.1. The highest BCUT2D eigenvalue weighted by Crippen LogP contribution is 2.36. The van der Waals surface area contributed by atoms with Crippen molar-refractivity contribution in [2.75, 3.05) is 35.7 Å². The van der Waals surface area contributed by atoms with Crippen LogP contribution < -0.4 is 10.2 Å². The van der Waals surface area contributed by atoms with E-state index < -0.39 is 15.8 Å². The summed E-state index contributed by atoms with van der Waals surface area (Å²) < 4.78 is 29.9. The summed E-state index contributed by atoms with van der Waals surface area (Å²) in [7, 11) is -3.26. The molecule has 1 aliphatic heterocycles. The van der Waals surface area contributed by atoms with E-state index in [4.69, 9.17) is 4.74 Å². The summed E-state index contributed by atoms with van der Waals surface area (Å²) in [5.41, 5.74) is 3.70. The van der Waals surface area contributed by atoms with Gasteiger partial charge in [-0.25, -0.2) is 8.42 Å². The first kappa shape index (κ1) is 26.0. The molecule has 1 heterocycles. The van der Waals surface area contributed by atoms with E-state index in [1.807, 2.05) is 19.1 Å². The quantitative estimate of drug-likeness (QED) is 0.449. The standard InChI is InChI=1S/C26H36N2O5S/c1-4-19(18-26(29)30)20-7-12-25(28(5-2)22-13-15-33-16-14-22)24(17-20)27-21-8-10-23(11-9-21)34(31,32)6-3/h7-12,17,19,22,27H,4-6,13-16,18H2,1-3H3,(H,29,30)/t19-/m0/s1. The summed E-state index contributed by atoms with van der Waals surface area (Å²) in [5, 5.41) is 12.8. The zero-order valence-corrected chi connectivity index (χ0v) is 21.1. The highest BCUT2D eigenvalue weighted by atomic mass is 32.2. The molecule has 0 saturated carbocycles. The SMILES string of the molecule is CC[C@@H](CC(=O)O)c1ccc(N(CC)C2CCOCC2)c(Nc2ccc(S(=O)(=O)CC)cc2)c1. The van der Waals surface area contributed by atoms with E-state index >= 15 is 0 Å². The lowest BCUT2D eigenvalue weighted by Crippen LogP contribution is -2.39. The topological polar surface area (TPSA) is 95.9 Å². The van der Waals surface area contributed by atoms with Gasteiger partial charge >= 0.3 is 5.97 Å². The largest absolute Gasteiger partial charge is 0.481 e. The molecule has 8 heteroatoms. The molecule has 2 aromatic rings. The number of hydrogen-bond donors (Lipinski definition) is 2. The number of rotatable bonds is 11. The average Bonchev–Trinajstić information content (AvgIpc) is 2.84. The van der Waals surface area contributed by atoms with Gasteiger partial charge in [-0.15, -0.1) is 0 Å². The van der Waals surface area contributed by atoms with Crippen LogP contribution in [0.5, 0.6) is 0 Å². The lowest BCUT2D eigenvalue weighted by Gasteiger charge is -2.37. The molecule has 1 saturated heterocycles. The minimum atomic E-state index is -3.26. The molecule has 3 rings (SSSR count). The van der Waals surface area contributed by atoms with Gasteiger partial charge in [0.2, 0.25) is 0 Å². The average molecular weight is 489 g/mol. The van der Waals surface area contributed by atoms with Gasteiger partial charge in [0.1, 0.15) is 0 Å². The Labute approximate surface area is 203 Å². The highest BCUT2D eigenvalue weighted by molar-refractivity contribution is 7.91. The summed E-state index contributed by atoms with van der Waals surface area (Å²) >= 11 is 0. The van der Waals surface area contributed by atoms with Gasteiger partial charge in [-0.1, -0.05) is 19.9 Å². The first-order valence-electron chi connectivity index (χ1n) is 12.1. The van der Waals surface area contributed by atoms with E-state index in [9.17, 15) is 18.3 Å². The molecule has 0 radical (unpaired) electrons. The maximum Gasteiger partial charge on any atom is 0.303 e. The number of aliphatic carboxylic acids is 1. The van der Waals surface area contributed by atoms with Crippen LogP contribution in [-0.4, -0.2) is 51.0 Å². The molecule has 2 aromatic carbocycles. The third-order valence-electron chi connectivity index (χ3n) is 6.56. The van der Waals surface area contributed by atoms with E-state index in [0.29, 0.717) is 10.9 Å². The fourth-order valence-corrected chi connectivity index (χ4v) is 5.44. The lowest BCUT2D eigenvalue weighted by molar-refractivity contribution is -0.137. The molecule has 2 N–H and O–H groups in total. The minimum absolute atomic E-state index is 0.0600. The molecule has 1 atom stereocenters. The van der Waals surface area contributed by atoms with Crippen LogP contribution >= 0.6 is 0 Å². The number of anilines is 3. The fourth-order valence-electron chi connectivity index (χ4n) is 4.56. The minimum Gasteiger partial charge on any atom is -0.481 e. The summed E-state index contributed by atoms with van der Waals surface area (Å²) in [6.45, 7) is 8.09. The van der Waals surface area contributed by atoms with E-state index in [2.05, 4.69) is 23.2 Å². The maximum absolute atomic E-state index is 12.2. The van der Waals surface area contributed by atoms with E-state index in [0.717, 1.165) is 61.6 Å². The van der Waals surface area contributed by atoms with Crippen LogP contribution in [0.1, 0.15) is 57.9 Å². The highest BCUT2D eigenvalue weighted by Gasteiger charge is 2.24. The lowest BCUT2D eigenvalue weighted by atomic mass is 9.92. The Morgan fingerprint density at radius 3 is 2.35 bits per heavy atom. The van der Waals surface area contributed by atoms with Gasteiger partial charge in [-0.05, 0) is 74.1 Å². The number of hydrogen-bond acceptors (Lipinski definition) is 6. The van der Waals surface area contributed by atoms with Crippen LogP contribution in [0.2, 0.25) is 0 Å². The second-order valence-corrected chi connectivity index (χ2v) is 10.9.